The minimum atomic E-state index is -1.04. The average molecular weight is 222 g/mol. The Hall–Kier alpha value is -0.200. The van der Waals surface area contributed by atoms with Crippen molar-refractivity contribution in [3.63, 3.8) is 0 Å². The Labute approximate surface area is 90.3 Å². The third-order valence-electron chi connectivity index (χ3n) is 2.48. The highest BCUT2D eigenvalue weighted by Gasteiger charge is 2.38. The maximum atomic E-state index is 9.48. The van der Waals surface area contributed by atoms with Crippen LogP contribution in [0.25, 0.3) is 0 Å². The zero-order valence-electron chi connectivity index (χ0n) is 9.77. The molecule has 0 aliphatic rings. The lowest BCUT2D eigenvalue weighted by atomic mass is 9.96. The third kappa shape index (κ3) is 4.04. The second kappa shape index (κ2) is 5.23. The molecule has 0 aromatic heterocycles. The molecule has 15 heavy (non-hydrogen) atoms. The summed E-state index contributed by atoms with van der Waals surface area (Å²) in [7, 11) is 0. The molecule has 92 valence electrons. The second-order valence-corrected chi connectivity index (χ2v) is 4.71. The van der Waals surface area contributed by atoms with Gasteiger partial charge in [0, 0.05) is 0 Å². The van der Waals surface area contributed by atoms with Gasteiger partial charge in [-0.3, -0.25) is 0 Å². The van der Waals surface area contributed by atoms with Crippen molar-refractivity contribution in [3.05, 3.63) is 0 Å². The lowest BCUT2D eigenvalue weighted by Gasteiger charge is -2.40. The summed E-state index contributed by atoms with van der Waals surface area (Å²) in [6.07, 6.45) is -2.08. The Morgan fingerprint density at radius 1 is 0.867 bits per heavy atom. The Morgan fingerprint density at radius 2 is 1.13 bits per heavy atom. The van der Waals surface area contributed by atoms with Crippen molar-refractivity contribution < 1.29 is 25.2 Å². The first kappa shape index (κ1) is 14.8. The van der Waals surface area contributed by atoms with Crippen LogP contribution in [0.3, 0.4) is 0 Å². The number of ether oxygens (including phenoxy) is 1. The van der Waals surface area contributed by atoms with Gasteiger partial charge in [-0.05, 0) is 27.7 Å². The number of aliphatic hydroxyl groups excluding tert-OH is 4. The summed E-state index contributed by atoms with van der Waals surface area (Å²) >= 11 is 0. The quantitative estimate of drug-likeness (QED) is 0.475. The minimum Gasteiger partial charge on any atom is -0.394 e. The number of hydrogen-bond donors (Lipinski definition) is 4. The SMILES string of the molecule is CC(C)(OC(C)(C)C(O)CO)C(O)CO. The van der Waals surface area contributed by atoms with Gasteiger partial charge in [-0.25, -0.2) is 0 Å². The van der Waals surface area contributed by atoms with E-state index < -0.39 is 36.6 Å². The summed E-state index contributed by atoms with van der Waals surface area (Å²) in [5, 5.41) is 36.6. The van der Waals surface area contributed by atoms with Crippen molar-refractivity contribution in [1.29, 1.82) is 0 Å². The lowest BCUT2D eigenvalue weighted by Crippen LogP contribution is -2.52. The molecule has 0 aliphatic carbocycles. The van der Waals surface area contributed by atoms with Crippen molar-refractivity contribution in [2.24, 2.45) is 0 Å². The van der Waals surface area contributed by atoms with Gasteiger partial charge in [0.15, 0.2) is 0 Å². The van der Waals surface area contributed by atoms with E-state index in [0.717, 1.165) is 0 Å². The first-order chi connectivity index (χ1) is 6.67. The van der Waals surface area contributed by atoms with E-state index in [-0.39, 0.29) is 0 Å². The van der Waals surface area contributed by atoms with Crippen LogP contribution in [-0.4, -0.2) is 57.0 Å². The highest BCUT2D eigenvalue weighted by molar-refractivity contribution is 4.87. The van der Waals surface area contributed by atoms with E-state index >= 15 is 0 Å². The van der Waals surface area contributed by atoms with Crippen LogP contribution in [0.4, 0.5) is 0 Å². The van der Waals surface area contributed by atoms with Crippen LogP contribution in [0.2, 0.25) is 0 Å². The van der Waals surface area contributed by atoms with E-state index in [9.17, 15) is 10.2 Å². The summed E-state index contributed by atoms with van der Waals surface area (Å²) in [6.45, 7) is 5.61. The number of hydrogen-bond acceptors (Lipinski definition) is 5. The molecule has 0 rings (SSSR count). The smallest absolute Gasteiger partial charge is 0.105 e. The molecule has 5 nitrogen and oxygen atoms in total. The topological polar surface area (TPSA) is 90.2 Å². The van der Waals surface area contributed by atoms with Gasteiger partial charge < -0.3 is 25.2 Å². The Balaban J connectivity index is 4.56. The molecule has 0 radical (unpaired) electrons. The molecule has 0 bridgehead atoms. The summed E-state index contributed by atoms with van der Waals surface area (Å²) in [6, 6.07) is 0. The molecular formula is C10H22O5. The van der Waals surface area contributed by atoms with Crippen molar-refractivity contribution in [3.8, 4) is 0 Å². The predicted octanol–water partition coefficient (Wildman–Crippen LogP) is -0.733. The molecule has 0 aliphatic heterocycles. The van der Waals surface area contributed by atoms with Gasteiger partial charge >= 0.3 is 0 Å². The molecular weight excluding hydrogens is 200 g/mol. The molecule has 0 spiro atoms. The normalized spacial score (nSPS) is 17.6. The molecule has 2 atom stereocenters. The van der Waals surface area contributed by atoms with Crippen LogP contribution in [-0.2, 0) is 4.74 Å². The largest absolute Gasteiger partial charge is 0.394 e. The predicted molar refractivity (Wildman–Crippen MR) is 55.4 cm³/mol. The summed E-state index contributed by atoms with van der Waals surface area (Å²) in [4.78, 5) is 0. The van der Waals surface area contributed by atoms with Crippen LogP contribution in [0.1, 0.15) is 27.7 Å². The van der Waals surface area contributed by atoms with Crippen molar-refractivity contribution in [1.82, 2.24) is 0 Å². The highest BCUT2D eigenvalue weighted by atomic mass is 16.5. The van der Waals surface area contributed by atoms with Crippen LogP contribution in [0.5, 0.6) is 0 Å². The third-order valence-corrected chi connectivity index (χ3v) is 2.48. The van der Waals surface area contributed by atoms with E-state index in [1.807, 2.05) is 0 Å². The van der Waals surface area contributed by atoms with Crippen LogP contribution in [0.15, 0.2) is 0 Å². The van der Waals surface area contributed by atoms with Crippen LogP contribution >= 0.6 is 0 Å². The Morgan fingerprint density at radius 3 is 1.33 bits per heavy atom. The van der Waals surface area contributed by atoms with E-state index in [0.29, 0.717) is 0 Å². The molecule has 4 N–H and O–H groups in total. The zero-order valence-corrected chi connectivity index (χ0v) is 9.77. The van der Waals surface area contributed by atoms with Crippen LogP contribution in [0, 0.1) is 0 Å². The molecule has 0 fully saturated rings. The van der Waals surface area contributed by atoms with Crippen molar-refractivity contribution >= 4 is 0 Å². The number of aliphatic hydroxyl groups is 4. The van der Waals surface area contributed by atoms with Gasteiger partial charge in [0.2, 0.25) is 0 Å². The lowest BCUT2D eigenvalue weighted by molar-refractivity contribution is -0.214. The summed E-state index contributed by atoms with van der Waals surface area (Å²) < 4.78 is 5.51. The van der Waals surface area contributed by atoms with E-state index in [4.69, 9.17) is 14.9 Å². The van der Waals surface area contributed by atoms with E-state index in [1.54, 1.807) is 27.7 Å². The van der Waals surface area contributed by atoms with Crippen molar-refractivity contribution in [2.45, 2.75) is 51.1 Å². The highest BCUT2D eigenvalue weighted by Crippen LogP contribution is 2.25. The molecule has 0 saturated heterocycles. The molecule has 0 aromatic carbocycles. The van der Waals surface area contributed by atoms with Gasteiger partial charge in [-0.15, -0.1) is 0 Å². The van der Waals surface area contributed by atoms with Gasteiger partial charge in [0.05, 0.1) is 24.4 Å². The van der Waals surface area contributed by atoms with Gasteiger partial charge in [0.1, 0.15) is 12.2 Å². The minimum absolute atomic E-state index is 0.418. The van der Waals surface area contributed by atoms with Gasteiger partial charge in [0.25, 0.3) is 0 Å². The molecule has 0 aromatic rings. The molecule has 2 unspecified atom stereocenters. The maximum absolute atomic E-state index is 9.48. The van der Waals surface area contributed by atoms with E-state index in [2.05, 4.69) is 0 Å². The fourth-order valence-electron chi connectivity index (χ4n) is 1.25. The average Bonchev–Trinajstić information content (AvgIpc) is 2.13. The van der Waals surface area contributed by atoms with Gasteiger partial charge in [-0.2, -0.15) is 0 Å². The second-order valence-electron chi connectivity index (χ2n) is 4.71. The summed E-state index contributed by atoms with van der Waals surface area (Å²) in [5.41, 5.74) is -1.98. The molecule has 5 heteroatoms. The first-order valence-electron chi connectivity index (χ1n) is 4.95. The number of rotatable bonds is 6. The monoisotopic (exact) mass is 222 g/mol. The Kier molecular flexibility index (Phi) is 5.16. The molecule has 0 heterocycles. The first-order valence-corrected chi connectivity index (χ1v) is 4.95. The molecule has 0 saturated carbocycles. The fraction of sp³-hybridized carbons (Fsp3) is 1.00. The maximum Gasteiger partial charge on any atom is 0.105 e. The van der Waals surface area contributed by atoms with Gasteiger partial charge in [-0.1, -0.05) is 0 Å². The van der Waals surface area contributed by atoms with E-state index in [1.165, 1.54) is 0 Å². The zero-order chi connectivity index (χ0) is 12.3. The summed E-state index contributed by atoms with van der Waals surface area (Å²) in [5.74, 6) is 0. The van der Waals surface area contributed by atoms with Crippen molar-refractivity contribution in [2.75, 3.05) is 13.2 Å². The Bertz CT molecular complexity index is 170. The molecule has 0 amide bonds. The standard InChI is InChI=1S/C10H22O5/c1-9(2,7(13)5-11)15-10(3,4)8(14)6-12/h7-8,11-14H,5-6H2,1-4H3. The fourth-order valence-corrected chi connectivity index (χ4v) is 1.25. The van der Waals surface area contributed by atoms with Crippen LogP contribution < -0.4 is 0 Å².